The molecule has 1 aromatic carbocycles. The Morgan fingerprint density at radius 3 is 2.26 bits per heavy atom. The number of aliphatic hydroxyl groups excluding tert-OH is 1. The van der Waals surface area contributed by atoms with Crippen molar-refractivity contribution in [3.05, 3.63) is 47.0 Å². The second kappa shape index (κ2) is 8.87. The van der Waals surface area contributed by atoms with Crippen molar-refractivity contribution in [3.63, 3.8) is 0 Å². The Labute approximate surface area is 243 Å². The largest absolute Gasteiger partial charge is 0.458 e. The number of carbonyl (C=O) groups excluding carboxylic acids is 4. The van der Waals surface area contributed by atoms with Crippen LogP contribution in [0.5, 0.6) is 0 Å². The van der Waals surface area contributed by atoms with Gasteiger partial charge in [-0.25, -0.2) is 9.59 Å². The molecule has 2 saturated heterocycles. The van der Waals surface area contributed by atoms with Gasteiger partial charge in [0.1, 0.15) is 23.9 Å². The van der Waals surface area contributed by atoms with Crippen molar-refractivity contribution in [1.82, 2.24) is 0 Å². The van der Waals surface area contributed by atoms with E-state index in [0.717, 1.165) is 0 Å². The van der Waals surface area contributed by atoms with E-state index >= 15 is 0 Å². The van der Waals surface area contributed by atoms with E-state index < -0.39 is 81.8 Å². The van der Waals surface area contributed by atoms with E-state index in [2.05, 4.69) is 0 Å². The molecule has 0 radical (unpaired) electrons. The number of cyclic esters (lactones) is 1. The first-order valence-corrected chi connectivity index (χ1v) is 14.2. The number of aliphatic hydroxyl groups is 2. The van der Waals surface area contributed by atoms with Gasteiger partial charge in [-0.1, -0.05) is 25.1 Å². The Bertz CT molecular complexity index is 1420. The van der Waals surface area contributed by atoms with Gasteiger partial charge in [0, 0.05) is 32.1 Å². The number of ether oxygens (including phenoxy) is 5. The standard InChI is InChI=1S/C31H36O11/c1-15-19(39-16(2)32)13-29-22(15)31(37,26(36)42-27(29,4)5)28(6)20(34)12-21-30(14-38-21,41-17(3)33)23(28)24(29)40-25(35)18-10-8-7-9-11-18/h7-11,19-21,23-24,34,37H,12-14H2,1-6H3/t19-,20-,21+,23?,24?,28+,29-,30-,31+/m0/s1. The van der Waals surface area contributed by atoms with Gasteiger partial charge in [-0.15, -0.1) is 0 Å². The van der Waals surface area contributed by atoms with Crippen LogP contribution < -0.4 is 0 Å². The first kappa shape index (κ1) is 28.8. The molecule has 2 N–H and O–H groups in total. The van der Waals surface area contributed by atoms with Gasteiger partial charge in [-0.05, 0) is 44.1 Å². The van der Waals surface area contributed by atoms with Gasteiger partial charge in [0.25, 0.3) is 0 Å². The molecule has 9 atom stereocenters. The molecule has 0 amide bonds. The monoisotopic (exact) mass is 584 g/mol. The van der Waals surface area contributed by atoms with E-state index in [1.807, 2.05) is 0 Å². The lowest BCUT2D eigenvalue weighted by Gasteiger charge is -2.73. The molecule has 2 aliphatic heterocycles. The average molecular weight is 585 g/mol. The third-order valence-electron chi connectivity index (χ3n) is 10.7. The molecule has 226 valence electrons. The SMILES string of the molecule is CC(=O)O[C@H]1C[C@@]23C(=C1C)[C@@](O)(C(=O)OC2(C)C)[C@@]1(C)C(C3OC(=O)c2ccccc2)[C@]2(OC(C)=O)CO[C@@H]2C[C@@H]1O. The molecule has 11 heteroatoms. The minimum absolute atomic E-state index is 0.00736. The summed E-state index contributed by atoms with van der Waals surface area (Å²) in [4.78, 5) is 52.8. The van der Waals surface area contributed by atoms with Crippen molar-refractivity contribution in [3.8, 4) is 0 Å². The number of benzene rings is 1. The van der Waals surface area contributed by atoms with Crippen LogP contribution in [0.2, 0.25) is 0 Å². The van der Waals surface area contributed by atoms with Crippen molar-refractivity contribution in [2.24, 2.45) is 16.7 Å². The van der Waals surface area contributed by atoms with E-state index in [1.165, 1.54) is 20.8 Å². The molecule has 3 aliphatic carbocycles. The average Bonchev–Trinajstić information content (AvgIpc) is 3.20. The fourth-order valence-corrected chi connectivity index (χ4v) is 8.89. The summed E-state index contributed by atoms with van der Waals surface area (Å²) in [6.07, 6.45) is -4.35. The Morgan fingerprint density at radius 1 is 1.02 bits per heavy atom. The minimum atomic E-state index is -2.45. The highest BCUT2D eigenvalue weighted by Gasteiger charge is 2.88. The molecule has 11 nitrogen and oxygen atoms in total. The van der Waals surface area contributed by atoms with E-state index in [4.69, 9.17) is 23.7 Å². The molecular formula is C31H36O11. The second-order valence-electron chi connectivity index (χ2n) is 13.0. The fraction of sp³-hybridized carbons (Fsp3) is 0.613. The molecule has 2 heterocycles. The number of hydrogen-bond acceptors (Lipinski definition) is 11. The number of rotatable bonds is 4. The summed E-state index contributed by atoms with van der Waals surface area (Å²) in [5.74, 6) is -4.02. The number of fused-ring (bicyclic) bond motifs is 4. The highest BCUT2D eigenvalue weighted by Crippen LogP contribution is 2.75. The maximum Gasteiger partial charge on any atom is 0.343 e. The summed E-state index contributed by atoms with van der Waals surface area (Å²) >= 11 is 0. The summed E-state index contributed by atoms with van der Waals surface area (Å²) in [6, 6.07) is 8.32. The molecule has 0 aromatic heterocycles. The molecule has 2 bridgehead atoms. The Kier molecular flexibility index (Phi) is 6.09. The Balaban J connectivity index is 1.68. The highest BCUT2D eigenvalue weighted by molar-refractivity contribution is 5.91. The van der Waals surface area contributed by atoms with Crippen molar-refractivity contribution in [1.29, 1.82) is 0 Å². The number of esters is 4. The van der Waals surface area contributed by atoms with Crippen molar-refractivity contribution >= 4 is 23.9 Å². The van der Waals surface area contributed by atoms with E-state index in [0.29, 0.717) is 5.57 Å². The first-order chi connectivity index (χ1) is 19.6. The van der Waals surface area contributed by atoms with Crippen LogP contribution in [-0.4, -0.2) is 81.9 Å². The van der Waals surface area contributed by atoms with Crippen LogP contribution in [-0.2, 0) is 38.1 Å². The summed E-state index contributed by atoms with van der Waals surface area (Å²) < 4.78 is 30.0. The van der Waals surface area contributed by atoms with Gasteiger partial charge < -0.3 is 33.9 Å². The Hall–Kier alpha value is -3.28. The number of hydrogen-bond donors (Lipinski definition) is 2. The smallest absolute Gasteiger partial charge is 0.343 e. The lowest BCUT2D eigenvalue weighted by Crippen LogP contribution is -2.87. The van der Waals surface area contributed by atoms with Crippen molar-refractivity contribution in [2.75, 3.05) is 6.61 Å². The summed E-state index contributed by atoms with van der Waals surface area (Å²) in [6.45, 7) is 8.92. The first-order valence-electron chi connectivity index (χ1n) is 14.2. The van der Waals surface area contributed by atoms with Crippen molar-refractivity contribution < 1.29 is 53.1 Å². The molecule has 2 unspecified atom stereocenters. The van der Waals surface area contributed by atoms with Crippen molar-refractivity contribution in [2.45, 2.75) is 95.6 Å². The number of carbonyl (C=O) groups is 4. The van der Waals surface area contributed by atoms with Crippen LogP contribution in [0, 0.1) is 16.7 Å². The second-order valence-corrected chi connectivity index (χ2v) is 13.0. The van der Waals surface area contributed by atoms with Crippen LogP contribution in [0.15, 0.2) is 41.5 Å². The molecule has 2 saturated carbocycles. The fourth-order valence-electron chi connectivity index (χ4n) is 8.89. The molecule has 4 fully saturated rings. The zero-order valence-corrected chi connectivity index (χ0v) is 24.5. The van der Waals surface area contributed by atoms with E-state index in [1.54, 1.807) is 51.1 Å². The van der Waals surface area contributed by atoms with Gasteiger partial charge in [0.15, 0.2) is 11.2 Å². The zero-order valence-electron chi connectivity index (χ0n) is 24.5. The molecule has 0 spiro atoms. The van der Waals surface area contributed by atoms with Crippen LogP contribution in [0.3, 0.4) is 0 Å². The maximum atomic E-state index is 14.1. The lowest BCUT2D eigenvalue weighted by molar-refractivity contribution is -0.380. The Morgan fingerprint density at radius 2 is 1.69 bits per heavy atom. The molecule has 6 rings (SSSR count). The van der Waals surface area contributed by atoms with Gasteiger partial charge in [-0.2, -0.15) is 0 Å². The van der Waals surface area contributed by atoms with Gasteiger partial charge >= 0.3 is 23.9 Å². The summed E-state index contributed by atoms with van der Waals surface area (Å²) in [5.41, 5.74) is -7.68. The van der Waals surface area contributed by atoms with E-state index in [9.17, 15) is 29.4 Å². The topological polar surface area (TPSA) is 155 Å². The third-order valence-corrected chi connectivity index (χ3v) is 10.7. The third kappa shape index (κ3) is 3.27. The normalized spacial score (nSPS) is 42.7. The molecular weight excluding hydrogens is 548 g/mol. The molecule has 1 aromatic rings. The van der Waals surface area contributed by atoms with Gasteiger partial charge in [0.05, 0.1) is 29.6 Å². The molecule has 42 heavy (non-hydrogen) atoms. The van der Waals surface area contributed by atoms with Gasteiger partial charge in [0.2, 0.25) is 0 Å². The zero-order chi connectivity index (χ0) is 30.6. The van der Waals surface area contributed by atoms with Gasteiger partial charge in [-0.3, -0.25) is 9.59 Å². The predicted octanol–water partition coefficient (Wildman–Crippen LogP) is 2.02. The van der Waals surface area contributed by atoms with E-state index in [-0.39, 0.29) is 30.6 Å². The van der Waals surface area contributed by atoms with Crippen LogP contribution in [0.4, 0.5) is 0 Å². The minimum Gasteiger partial charge on any atom is -0.458 e. The highest BCUT2D eigenvalue weighted by atomic mass is 16.6. The van der Waals surface area contributed by atoms with Crippen LogP contribution in [0.1, 0.15) is 64.7 Å². The lowest BCUT2D eigenvalue weighted by atomic mass is 9.37. The predicted molar refractivity (Wildman–Crippen MR) is 143 cm³/mol. The molecule has 5 aliphatic rings. The summed E-state index contributed by atoms with van der Waals surface area (Å²) in [5, 5.41) is 24.6. The van der Waals surface area contributed by atoms with Crippen LogP contribution in [0.25, 0.3) is 0 Å². The maximum absolute atomic E-state index is 14.1. The summed E-state index contributed by atoms with van der Waals surface area (Å²) in [7, 11) is 0. The quantitative estimate of drug-likeness (QED) is 0.303. The van der Waals surface area contributed by atoms with Crippen LogP contribution >= 0.6 is 0 Å².